The number of carbonyl (C=O) groups excluding carboxylic acids is 1. The average Bonchev–Trinajstić information content (AvgIpc) is 2.44. The Labute approximate surface area is 126 Å². The summed E-state index contributed by atoms with van der Waals surface area (Å²) in [5, 5.41) is 12.5. The Morgan fingerprint density at radius 1 is 1.00 bits per heavy atom. The van der Waals surface area contributed by atoms with E-state index >= 15 is 0 Å². The van der Waals surface area contributed by atoms with Crippen LogP contribution in [0.25, 0.3) is 0 Å². The molecule has 3 rings (SSSR count). The fourth-order valence-corrected chi connectivity index (χ4v) is 4.19. The molecule has 1 heterocycles. The number of carboxylic acids is 1. The van der Waals surface area contributed by atoms with Gasteiger partial charge in [-0.2, -0.15) is 0 Å². The maximum absolute atomic E-state index is 12.6. The van der Waals surface area contributed by atoms with Crippen molar-refractivity contribution in [2.45, 2.75) is 69.9 Å². The quantitative estimate of drug-likeness (QED) is 0.840. The highest BCUT2D eigenvalue weighted by molar-refractivity contribution is 5.83. The number of amides is 2. The lowest BCUT2D eigenvalue weighted by molar-refractivity contribution is -0.145. The van der Waals surface area contributed by atoms with E-state index in [0.717, 1.165) is 25.7 Å². The van der Waals surface area contributed by atoms with E-state index in [-0.39, 0.29) is 12.1 Å². The van der Waals surface area contributed by atoms with Crippen LogP contribution < -0.4 is 5.32 Å². The standard InChI is InChI=1S/C16H26N2O3/c19-15(20)14-9-8-12-6-1-2-7-13(12)18(14)16(21)17-10-11-4-3-5-11/h11-14H,1-10H2,(H,17,21)(H,19,20). The highest BCUT2D eigenvalue weighted by atomic mass is 16.4. The van der Waals surface area contributed by atoms with Crippen LogP contribution in [0, 0.1) is 11.8 Å². The van der Waals surface area contributed by atoms with Crippen LogP contribution in [0.1, 0.15) is 57.8 Å². The van der Waals surface area contributed by atoms with Crippen LogP contribution in [-0.4, -0.2) is 40.6 Å². The topological polar surface area (TPSA) is 69.6 Å². The van der Waals surface area contributed by atoms with Crippen molar-refractivity contribution >= 4 is 12.0 Å². The predicted octanol–water partition coefficient (Wildman–Crippen LogP) is 2.60. The predicted molar refractivity (Wildman–Crippen MR) is 79.0 cm³/mol. The molecule has 3 fully saturated rings. The number of hydrogen-bond donors (Lipinski definition) is 2. The summed E-state index contributed by atoms with van der Waals surface area (Å²) >= 11 is 0. The summed E-state index contributed by atoms with van der Waals surface area (Å²) in [5.41, 5.74) is 0. The number of rotatable bonds is 3. The molecular formula is C16H26N2O3. The number of nitrogens with one attached hydrogen (secondary N) is 1. The first-order valence-electron chi connectivity index (χ1n) is 8.46. The summed E-state index contributed by atoms with van der Waals surface area (Å²) in [7, 11) is 0. The molecule has 21 heavy (non-hydrogen) atoms. The van der Waals surface area contributed by atoms with Gasteiger partial charge < -0.3 is 15.3 Å². The van der Waals surface area contributed by atoms with Gasteiger partial charge in [0.2, 0.25) is 0 Å². The van der Waals surface area contributed by atoms with E-state index in [1.165, 1.54) is 25.7 Å². The Balaban J connectivity index is 1.68. The van der Waals surface area contributed by atoms with Crippen molar-refractivity contribution in [3.8, 4) is 0 Å². The van der Waals surface area contributed by atoms with Crippen LogP contribution in [0.15, 0.2) is 0 Å². The van der Waals surface area contributed by atoms with Crippen molar-refractivity contribution in [1.29, 1.82) is 0 Å². The van der Waals surface area contributed by atoms with E-state index in [4.69, 9.17) is 0 Å². The lowest BCUT2D eigenvalue weighted by Crippen LogP contribution is -2.60. The number of piperidine rings is 1. The van der Waals surface area contributed by atoms with E-state index < -0.39 is 12.0 Å². The van der Waals surface area contributed by atoms with E-state index in [9.17, 15) is 14.7 Å². The smallest absolute Gasteiger partial charge is 0.326 e. The molecule has 5 heteroatoms. The van der Waals surface area contributed by atoms with Gasteiger partial charge in [-0.15, -0.1) is 0 Å². The zero-order valence-electron chi connectivity index (χ0n) is 12.6. The van der Waals surface area contributed by atoms with E-state index in [1.54, 1.807) is 4.90 Å². The minimum atomic E-state index is -0.849. The van der Waals surface area contributed by atoms with Gasteiger partial charge in [-0.25, -0.2) is 9.59 Å². The Morgan fingerprint density at radius 2 is 1.76 bits per heavy atom. The van der Waals surface area contributed by atoms with Crippen LogP contribution >= 0.6 is 0 Å². The lowest BCUT2D eigenvalue weighted by atomic mass is 9.76. The van der Waals surface area contributed by atoms with Crippen LogP contribution in [0.5, 0.6) is 0 Å². The van der Waals surface area contributed by atoms with Crippen LogP contribution in [0.2, 0.25) is 0 Å². The number of fused-ring (bicyclic) bond motifs is 1. The second-order valence-electron chi connectivity index (χ2n) is 6.93. The molecule has 0 radical (unpaired) electrons. The maximum Gasteiger partial charge on any atom is 0.326 e. The summed E-state index contributed by atoms with van der Waals surface area (Å²) in [6.45, 7) is 0.707. The molecule has 3 unspecified atom stereocenters. The van der Waals surface area contributed by atoms with Gasteiger partial charge in [-0.05, 0) is 50.4 Å². The van der Waals surface area contributed by atoms with Gasteiger partial charge >= 0.3 is 12.0 Å². The van der Waals surface area contributed by atoms with Gasteiger partial charge in [-0.3, -0.25) is 0 Å². The van der Waals surface area contributed by atoms with Crippen LogP contribution in [0.4, 0.5) is 4.79 Å². The zero-order valence-corrected chi connectivity index (χ0v) is 12.6. The van der Waals surface area contributed by atoms with Crippen molar-refractivity contribution < 1.29 is 14.7 Å². The molecule has 118 valence electrons. The average molecular weight is 294 g/mol. The molecule has 0 bridgehead atoms. The van der Waals surface area contributed by atoms with E-state index in [1.807, 2.05) is 0 Å². The Bertz CT molecular complexity index is 408. The van der Waals surface area contributed by atoms with Gasteiger partial charge in [-0.1, -0.05) is 19.3 Å². The molecule has 5 nitrogen and oxygen atoms in total. The third kappa shape index (κ3) is 3.01. The molecule has 3 aliphatic rings. The molecule has 1 saturated heterocycles. The summed E-state index contributed by atoms with van der Waals surface area (Å²) in [4.78, 5) is 25.8. The summed E-state index contributed by atoms with van der Waals surface area (Å²) in [6, 6.07) is -0.647. The second-order valence-corrected chi connectivity index (χ2v) is 6.93. The number of likely N-dealkylation sites (tertiary alicyclic amines) is 1. The molecule has 0 aromatic carbocycles. The number of urea groups is 1. The molecule has 2 N–H and O–H groups in total. The van der Waals surface area contributed by atoms with Gasteiger partial charge in [0.1, 0.15) is 6.04 Å². The van der Waals surface area contributed by atoms with Gasteiger partial charge in [0, 0.05) is 12.6 Å². The Hall–Kier alpha value is -1.26. The van der Waals surface area contributed by atoms with E-state index in [2.05, 4.69) is 5.32 Å². The molecule has 2 amide bonds. The normalized spacial score (nSPS) is 33.0. The molecule has 0 aromatic heterocycles. The van der Waals surface area contributed by atoms with Crippen LogP contribution in [0.3, 0.4) is 0 Å². The van der Waals surface area contributed by atoms with Crippen molar-refractivity contribution in [2.24, 2.45) is 11.8 Å². The summed E-state index contributed by atoms with van der Waals surface area (Å²) in [6.07, 6.45) is 9.63. The molecule has 0 spiro atoms. The largest absolute Gasteiger partial charge is 0.480 e. The number of aliphatic carboxylic acids is 1. The second kappa shape index (κ2) is 6.24. The Kier molecular flexibility index (Phi) is 4.36. The van der Waals surface area contributed by atoms with Crippen molar-refractivity contribution in [3.63, 3.8) is 0 Å². The van der Waals surface area contributed by atoms with Crippen molar-refractivity contribution in [3.05, 3.63) is 0 Å². The summed E-state index contributed by atoms with van der Waals surface area (Å²) < 4.78 is 0. The zero-order chi connectivity index (χ0) is 14.8. The maximum atomic E-state index is 12.6. The van der Waals surface area contributed by atoms with E-state index in [0.29, 0.717) is 24.8 Å². The van der Waals surface area contributed by atoms with Crippen LogP contribution in [-0.2, 0) is 4.79 Å². The fraction of sp³-hybridized carbons (Fsp3) is 0.875. The molecule has 0 aromatic rings. The highest BCUT2D eigenvalue weighted by Crippen LogP contribution is 2.38. The number of carbonyl (C=O) groups is 2. The first kappa shape index (κ1) is 14.7. The van der Waals surface area contributed by atoms with Gasteiger partial charge in [0.25, 0.3) is 0 Å². The van der Waals surface area contributed by atoms with Crippen molar-refractivity contribution in [1.82, 2.24) is 10.2 Å². The summed E-state index contributed by atoms with van der Waals surface area (Å²) in [5.74, 6) is 0.255. The van der Waals surface area contributed by atoms with Crippen molar-refractivity contribution in [2.75, 3.05) is 6.54 Å². The minimum Gasteiger partial charge on any atom is -0.480 e. The molecule has 2 aliphatic carbocycles. The first-order valence-corrected chi connectivity index (χ1v) is 8.46. The minimum absolute atomic E-state index is 0.134. The first-order chi connectivity index (χ1) is 10.2. The molecule has 1 aliphatic heterocycles. The number of hydrogen-bond acceptors (Lipinski definition) is 2. The van der Waals surface area contributed by atoms with Gasteiger partial charge in [0.05, 0.1) is 0 Å². The Morgan fingerprint density at radius 3 is 2.43 bits per heavy atom. The fourth-order valence-electron chi connectivity index (χ4n) is 4.19. The number of carboxylic acid groups (broad SMARTS) is 1. The third-order valence-corrected chi connectivity index (χ3v) is 5.66. The molecular weight excluding hydrogens is 268 g/mol. The van der Waals surface area contributed by atoms with Gasteiger partial charge in [0.15, 0.2) is 0 Å². The monoisotopic (exact) mass is 294 g/mol. The third-order valence-electron chi connectivity index (χ3n) is 5.66. The molecule has 2 saturated carbocycles. The number of nitrogens with zero attached hydrogens (tertiary/aromatic N) is 1. The highest BCUT2D eigenvalue weighted by Gasteiger charge is 2.43. The SMILES string of the molecule is O=C(O)C1CCC2CCCCC2N1C(=O)NCC1CCC1. The lowest BCUT2D eigenvalue weighted by Gasteiger charge is -2.47. The molecule has 3 atom stereocenters.